The second-order valence-electron chi connectivity index (χ2n) is 6.40. The summed E-state index contributed by atoms with van der Waals surface area (Å²) in [4.78, 5) is 12.6. The van der Waals surface area contributed by atoms with E-state index in [-0.39, 0.29) is 11.8 Å². The SMILES string of the molecule is O=C(NC1(c2cccc(C(F)(F)F)c2)CCOCC1)C1CC=CC1. The molecule has 0 saturated carbocycles. The maximum atomic E-state index is 13.0. The molecule has 1 aliphatic heterocycles. The minimum Gasteiger partial charge on any atom is -0.381 e. The van der Waals surface area contributed by atoms with E-state index >= 15 is 0 Å². The summed E-state index contributed by atoms with van der Waals surface area (Å²) in [6.45, 7) is 0.832. The van der Waals surface area contributed by atoms with Crippen LogP contribution in [0.3, 0.4) is 0 Å². The lowest BCUT2D eigenvalue weighted by atomic mass is 9.81. The van der Waals surface area contributed by atoms with Crippen molar-refractivity contribution < 1.29 is 22.7 Å². The first-order valence-corrected chi connectivity index (χ1v) is 8.13. The van der Waals surface area contributed by atoms with Crippen LogP contribution in [0.4, 0.5) is 13.2 Å². The zero-order valence-corrected chi connectivity index (χ0v) is 13.2. The fourth-order valence-electron chi connectivity index (χ4n) is 3.37. The largest absolute Gasteiger partial charge is 0.416 e. The van der Waals surface area contributed by atoms with Crippen LogP contribution in [0, 0.1) is 5.92 Å². The Morgan fingerprint density at radius 2 is 1.83 bits per heavy atom. The highest BCUT2D eigenvalue weighted by molar-refractivity contribution is 5.80. The van der Waals surface area contributed by atoms with Crippen LogP contribution in [-0.4, -0.2) is 19.1 Å². The first-order valence-electron chi connectivity index (χ1n) is 8.13. The predicted octanol–water partition coefficient (Wildman–Crippen LogP) is 3.79. The Hall–Kier alpha value is -1.82. The fraction of sp³-hybridized carbons (Fsp3) is 0.500. The Kier molecular flexibility index (Phi) is 4.67. The molecule has 130 valence electrons. The third-order valence-corrected chi connectivity index (χ3v) is 4.83. The van der Waals surface area contributed by atoms with Crippen molar-refractivity contribution in [2.75, 3.05) is 13.2 Å². The number of nitrogens with one attached hydrogen (secondary N) is 1. The molecule has 0 unspecified atom stereocenters. The van der Waals surface area contributed by atoms with Gasteiger partial charge in [0.05, 0.1) is 11.1 Å². The van der Waals surface area contributed by atoms with Crippen molar-refractivity contribution in [1.82, 2.24) is 5.32 Å². The van der Waals surface area contributed by atoms with Gasteiger partial charge in [0.25, 0.3) is 0 Å². The van der Waals surface area contributed by atoms with E-state index in [0.29, 0.717) is 44.5 Å². The molecule has 1 aromatic rings. The molecule has 1 heterocycles. The zero-order chi connectivity index (χ0) is 17.2. The van der Waals surface area contributed by atoms with Crippen molar-refractivity contribution in [3.8, 4) is 0 Å². The molecule has 1 aromatic carbocycles. The van der Waals surface area contributed by atoms with Crippen molar-refractivity contribution in [3.63, 3.8) is 0 Å². The number of alkyl halides is 3. The molecule has 24 heavy (non-hydrogen) atoms. The van der Waals surface area contributed by atoms with Gasteiger partial charge in [-0.05, 0) is 43.4 Å². The van der Waals surface area contributed by atoms with Crippen LogP contribution in [0.25, 0.3) is 0 Å². The van der Waals surface area contributed by atoms with Gasteiger partial charge in [0.2, 0.25) is 5.91 Å². The Bertz CT molecular complexity index is 625. The quantitative estimate of drug-likeness (QED) is 0.851. The van der Waals surface area contributed by atoms with Gasteiger partial charge in [0.1, 0.15) is 0 Å². The van der Waals surface area contributed by atoms with Crippen LogP contribution in [0.15, 0.2) is 36.4 Å². The van der Waals surface area contributed by atoms with E-state index in [1.165, 1.54) is 6.07 Å². The molecule has 3 rings (SSSR count). The highest BCUT2D eigenvalue weighted by atomic mass is 19.4. The van der Waals surface area contributed by atoms with Crippen LogP contribution in [0.1, 0.15) is 36.8 Å². The molecule has 1 N–H and O–H groups in total. The fourth-order valence-corrected chi connectivity index (χ4v) is 3.37. The maximum absolute atomic E-state index is 13.0. The van der Waals surface area contributed by atoms with E-state index in [9.17, 15) is 18.0 Å². The van der Waals surface area contributed by atoms with E-state index in [4.69, 9.17) is 4.74 Å². The molecule has 0 atom stereocenters. The van der Waals surface area contributed by atoms with Gasteiger partial charge in [0, 0.05) is 19.1 Å². The third kappa shape index (κ3) is 3.48. The number of ether oxygens (including phenoxy) is 1. The summed E-state index contributed by atoms with van der Waals surface area (Å²) in [6.07, 6.45) is 1.83. The average Bonchev–Trinajstić information content (AvgIpc) is 3.10. The summed E-state index contributed by atoms with van der Waals surface area (Å²) in [5, 5.41) is 3.04. The first kappa shape index (κ1) is 17.0. The summed E-state index contributed by atoms with van der Waals surface area (Å²) in [6, 6.07) is 5.27. The summed E-state index contributed by atoms with van der Waals surface area (Å²) in [5.74, 6) is -0.227. The number of halogens is 3. The monoisotopic (exact) mass is 339 g/mol. The Labute approximate surface area is 138 Å². The van der Waals surface area contributed by atoms with Gasteiger partial charge >= 0.3 is 6.18 Å². The second kappa shape index (κ2) is 6.59. The number of hydrogen-bond acceptors (Lipinski definition) is 2. The van der Waals surface area contributed by atoms with Crippen LogP contribution in [0.5, 0.6) is 0 Å². The van der Waals surface area contributed by atoms with E-state index in [2.05, 4.69) is 5.32 Å². The molecular weight excluding hydrogens is 319 g/mol. The van der Waals surface area contributed by atoms with Crippen molar-refractivity contribution in [3.05, 3.63) is 47.5 Å². The van der Waals surface area contributed by atoms with Gasteiger partial charge in [-0.3, -0.25) is 4.79 Å². The normalized spacial score (nSPS) is 21.0. The molecule has 1 aliphatic carbocycles. The highest BCUT2D eigenvalue weighted by Gasteiger charge is 2.39. The molecule has 2 aliphatic rings. The van der Waals surface area contributed by atoms with E-state index < -0.39 is 17.3 Å². The van der Waals surface area contributed by atoms with Gasteiger partial charge < -0.3 is 10.1 Å². The number of hydrogen-bond donors (Lipinski definition) is 1. The minimum atomic E-state index is -4.40. The van der Waals surface area contributed by atoms with Crippen molar-refractivity contribution in [2.45, 2.75) is 37.4 Å². The number of benzene rings is 1. The van der Waals surface area contributed by atoms with E-state index in [1.54, 1.807) is 6.07 Å². The number of carbonyl (C=O) groups excluding carboxylic acids is 1. The van der Waals surface area contributed by atoms with Gasteiger partial charge in [-0.15, -0.1) is 0 Å². The summed E-state index contributed by atoms with van der Waals surface area (Å²) >= 11 is 0. The average molecular weight is 339 g/mol. The minimum absolute atomic E-state index is 0.0979. The zero-order valence-electron chi connectivity index (χ0n) is 13.2. The van der Waals surface area contributed by atoms with Gasteiger partial charge in [0.15, 0.2) is 0 Å². The summed E-state index contributed by atoms with van der Waals surface area (Å²) in [5.41, 5.74) is -0.985. The Morgan fingerprint density at radius 3 is 2.46 bits per heavy atom. The first-order chi connectivity index (χ1) is 11.4. The summed E-state index contributed by atoms with van der Waals surface area (Å²) in [7, 11) is 0. The second-order valence-corrected chi connectivity index (χ2v) is 6.40. The van der Waals surface area contributed by atoms with Crippen molar-refractivity contribution in [2.24, 2.45) is 5.92 Å². The van der Waals surface area contributed by atoms with Gasteiger partial charge in [-0.1, -0.05) is 24.3 Å². The smallest absolute Gasteiger partial charge is 0.381 e. The van der Waals surface area contributed by atoms with E-state index in [1.807, 2.05) is 12.2 Å². The van der Waals surface area contributed by atoms with Crippen molar-refractivity contribution in [1.29, 1.82) is 0 Å². The molecule has 0 aromatic heterocycles. The van der Waals surface area contributed by atoms with E-state index in [0.717, 1.165) is 12.1 Å². The van der Waals surface area contributed by atoms with Crippen LogP contribution >= 0.6 is 0 Å². The molecule has 6 heteroatoms. The topological polar surface area (TPSA) is 38.3 Å². The standard InChI is InChI=1S/C18H20F3NO2/c19-18(20,21)15-7-3-6-14(12-15)17(8-10-24-11-9-17)22-16(23)13-4-1-2-5-13/h1-3,6-7,12-13H,4-5,8-11H2,(H,22,23). The molecule has 0 bridgehead atoms. The van der Waals surface area contributed by atoms with Crippen LogP contribution < -0.4 is 5.32 Å². The lowest BCUT2D eigenvalue weighted by Gasteiger charge is -2.39. The lowest BCUT2D eigenvalue weighted by molar-refractivity contribution is -0.137. The molecule has 1 amide bonds. The Balaban J connectivity index is 1.89. The maximum Gasteiger partial charge on any atom is 0.416 e. The number of allylic oxidation sites excluding steroid dienone is 2. The molecule has 0 radical (unpaired) electrons. The summed E-state index contributed by atoms with van der Waals surface area (Å²) < 4.78 is 44.5. The predicted molar refractivity (Wildman–Crippen MR) is 83.2 cm³/mol. The number of carbonyl (C=O) groups is 1. The molecule has 3 nitrogen and oxygen atoms in total. The van der Waals surface area contributed by atoms with Crippen LogP contribution in [-0.2, 0) is 21.2 Å². The molecule has 0 spiro atoms. The van der Waals surface area contributed by atoms with Gasteiger partial charge in [-0.25, -0.2) is 0 Å². The van der Waals surface area contributed by atoms with Gasteiger partial charge in [-0.2, -0.15) is 13.2 Å². The highest BCUT2D eigenvalue weighted by Crippen LogP contribution is 2.37. The number of amides is 1. The Morgan fingerprint density at radius 1 is 1.17 bits per heavy atom. The number of rotatable bonds is 3. The lowest BCUT2D eigenvalue weighted by Crippen LogP contribution is -2.51. The molecule has 1 saturated heterocycles. The van der Waals surface area contributed by atoms with Crippen LogP contribution in [0.2, 0.25) is 0 Å². The molecule has 1 fully saturated rings. The molecular formula is C18H20F3NO2. The third-order valence-electron chi connectivity index (χ3n) is 4.83. The van der Waals surface area contributed by atoms with Crippen molar-refractivity contribution >= 4 is 5.91 Å².